The van der Waals surface area contributed by atoms with Crippen molar-refractivity contribution in [1.29, 1.82) is 0 Å². The van der Waals surface area contributed by atoms with Crippen LogP contribution in [0.2, 0.25) is 0 Å². The Bertz CT molecular complexity index is 1110. The van der Waals surface area contributed by atoms with E-state index in [4.69, 9.17) is 9.47 Å². The molecule has 3 heterocycles. The Morgan fingerprint density at radius 1 is 1.33 bits per heavy atom. The summed E-state index contributed by atoms with van der Waals surface area (Å²) >= 11 is 0. The Morgan fingerprint density at radius 2 is 2.07 bits per heavy atom. The van der Waals surface area contributed by atoms with E-state index in [2.05, 4.69) is 9.97 Å². The number of fused-ring (bicyclic) bond motifs is 3. The molecule has 9 nitrogen and oxygen atoms in total. The molecule has 2 N–H and O–H groups in total. The van der Waals surface area contributed by atoms with Gasteiger partial charge in [-0.05, 0) is 33.0 Å². The number of hydrogen-bond donors (Lipinski definition) is 2. The van der Waals surface area contributed by atoms with E-state index in [0.29, 0.717) is 42.9 Å². The van der Waals surface area contributed by atoms with Crippen LogP contribution < -0.4 is 10.3 Å². The average molecular weight is 416 g/mol. The van der Waals surface area contributed by atoms with Crippen LogP contribution in [0, 0.1) is 0 Å². The van der Waals surface area contributed by atoms with E-state index in [1.54, 1.807) is 12.3 Å². The number of hydrogen-bond acceptors (Lipinski definition) is 6. The van der Waals surface area contributed by atoms with Gasteiger partial charge < -0.3 is 24.5 Å². The number of carbonyl (C=O) groups is 1. The molecule has 1 aromatic carbocycles. The predicted octanol–water partition coefficient (Wildman–Crippen LogP) is 2.34. The number of ether oxygens (including phenoxy) is 2. The van der Waals surface area contributed by atoms with Gasteiger partial charge in [0.05, 0.1) is 17.2 Å². The van der Waals surface area contributed by atoms with Crippen molar-refractivity contribution in [3.05, 3.63) is 40.1 Å². The molecule has 162 valence electrons. The normalized spacial score (nSPS) is 14.9. The highest BCUT2D eigenvalue weighted by atomic mass is 16.5. The van der Waals surface area contributed by atoms with Crippen LogP contribution in [-0.2, 0) is 4.74 Å². The molecule has 9 heteroatoms. The molecule has 1 aliphatic rings. The van der Waals surface area contributed by atoms with E-state index in [9.17, 15) is 14.7 Å². The van der Waals surface area contributed by atoms with Gasteiger partial charge >= 0.3 is 5.97 Å². The van der Waals surface area contributed by atoms with Crippen LogP contribution in [0.15, 0.2) is 23.1 Å². The zero-order chi connectivity index (χ0) is 20.5. The summed E-state index contributed by atoms with van der Waals surface area (Å²) in [5.74, 6) is 0.130. The second-order valence-corrected chi connectivity index (χ2v) is 7.50. The van der Waals surface area contributed by atoms with Crippen molar-refractivity contribution in [2.45, 2.75) is 26.2 Å². The number of carboxylic acid groups (broad SMARTS) is 1. The third-order valence-electron chi connectivity index (χ3n) is 5.22. The number of imidazole rings is 1. The summed E-state index contributed by atoms with van der Waals surface area (Å²) < 4.78 is 13.1. The number of nitrogens with one attached hydrogen (secondary N) is 1. The first-order valence-corrected chi connectivity index (χ1v) is 9.61. The highest BCUT2D eigenvalue weighted by molar-refractivity contribution is 5.96. The van der Waals surface area contributed by atoms with Crippen LogP contribution in [0.3, 0.4) is 0 Å². The van der Waals surface area contributed by atoms with Crippen molar-refractivity contribution >= 4 is 22.5 Å². The first-order chi connectivity index (χ1) is 14.0. The fourth-order valence-electron chi connectivity index (χ4n) is 3.69. The summed E-state index contributed by atoms with van der Waals surface area (Å²) in [7, 11) is 3.84. The van der Waals surface area contributed by atoms with Crippen LogP contribution in [0.1, 0.15) is 42.4 Å². The van der Waals surface area contributed by atoms with Crippen molar-refractivity contribution < 1.29 is 19.4 Å². The molecule has 30 heavy (non-hydrogen) atoms. The van der Waals surface area contributed by atoms with Gasteiger partial charge in [-0.3, -0.25) is 9.20 Å². The summed E-state index contributed by atoms with van der Waals surface area (Å²) in [4.78, 5) is 33.6. The molecule has 1 aliphatic heterocycles. The predicted molar refractivity (Wildman–Crippen MR) is 114 cm³/mol. The van der Waals surface area contributed by atoms with Crippen LogP contribution >= 0.6 is 0 Å². The van der Waals surface area contributed by atoms with Crippen LogP contribution in [0.4, 0.5) is 0 Å². The molecular formula is C21H28N4O5. The number of nitrogens with zero attached hydrogens (tertiary/aromatic N) is 3. The van der Waals surface area contributed by atoms with E-state index in [1.807, 2.05) is 23.4 Å². The Balaban J connectivity index is 0.00000256. The van der Waals surface area contributed by atoms with Gasteiger partial charge in [-0.1, -0.05) is 7.43 Å². The van der Waals surface area contributed by atoms with E-state index in [0.717, 1.165) is 18.7 Å². The van der Waals surface area contributed by atoms with Crippen LogP contribution in [-0.4, -0.2) is 70.8 Å². The Kier molecular flexibility index (Phi) is 6.42. The number of carboxylic acids is 1. The minimum atomic E-state index is -1.11. The van der Waals surface area contributed by atoms with Crippen molar-refractivity contribution in [3.63, 3.8) is 0 Å². The molecule has 0 atom stereocenters. The van der Waals surface area contributed by atoms with Crippen LogP contribution in [0.25, 0.3) is 16.6 Å². The molecule has 0 amide bonds. The van der Waals surface area contributed by atoms with Gasteiger partial charge in [0.25, 0.3) is 5.56 Å². The lowest BCUT2D eigenvalue weighted by Crippen LogP contribution is -2.20. The molecule has 0 spiro atoms. The lowest BCUT2D eigenvalue weighted by Gasteiger charge is -2.21. The van der Waals surface area contributed by atoms with Gasteiger partial charge in [0.15, 0.2) is 0 Å². The lowest BCUT2D eigenvalue weighted by atomic mass is 9.99. The van der Waals surface area contributed by atoms with Gasteiger partial charge in [-0.25, -0.2) is 9.78 Å². The van der Waals surface area contributed by atoms with Crippen molar-refractivity contribution in [2.24, 2.45) is 0 Å². The molecule has 1 saturated heterocycles. The molecule has 0 saturated carbocycles. The minimum absolute atomic E-state index is 0. The summed E-state index contributed by atoms with van der Waals surface area (Å²) in [6.07, 6.45) is 3.22. The lowest BCUT2D eigenvalue weighted by molar-refractivity contribution is 0.0692. The maximum atomic E-state index is 12.6. The molecule has 0 aliphatic carbocycles. The largest absolute Gasteiger partial charge is 0.491 e. The second kappa shape index (κ2) is 8.85. The smallest absolute Gasteiger partial charge is 0.339 e. The van der Waals surface area contributed by atoms with Gasteiger partial charge in [0.2, 0.25) is 0 Å². The Hall–Kier alpha value is -2.91. The number of aromatic nitrogens is 3. The summed E-state index contributed by atoms with van der Waals surface area (Å²) in [5.41, 5.74) is 1.25. The molecule has 0 unspecified atom stereocenters. The highest BCUT2D eigenvalue weighted by Crippen LogP contribution is 2.30. The fourth-order valence-corrected chi connectivity index (χ4v) is 3.69. The van der Waals surface area contributed by atoms with Crippen molar-refractivity contribution in [2.75, 3.05) is 40.5 Å². The first-order valence-electron chi connectivity index (χ1n) is 9.61. The SMILES string of the molecule is C.CN(C)CCOc1cc2c(cc1C(=O)O)[nH]c(=O)c1cnc(C3CCOCC3)n12. The van der Waals surface area contributed by atoms with E-state index in [1.165, 1.54) is 6.07 Å². The monoisotopic (exact) mass is 416 g/mol. The number of aromatic carboxylic acids is 1. The summed E-state index contributed by atoms with van der Waals surface area (Å²) in [6.45, 7) is 2.31. The van der Waals surface area contributed by atoms with Crippen molar-refractivity contribution in [1.82, 2.24) is 19.3 Å². The average Bonchev–Trinajstić information content (AvgIpc) is 3.14. The maximum Gasteiger partial charge on any atom is 0.339 e. The topological polar surface area (TPSA) is 109 Å². The molecular weight excluding hydrogens is 388 g/mol. The Morgan fingerprint density at radius 3 is 2.73 bits per heavy atom. The minimum Gasteiger partial charge on any atom is -0.491 e. The standard InChI is InChI=1S/C20H24N4O5.CH4/c1-23(2)5-8-29-17-10-15-14(9-13(17)20(26)27)22-19(25)16-11-21-18(24(15)16)12-3-6-28-7-4-12;/h9-12H,3-8H2,1-2H3,(H,22,25)(H,26,27);1H4. The van der Waals surface area contributed by atoms with Crippen LogP contribution in [0.5, 0.6) is 5.75 Å². The molecule has 4 rings (SSSR count). The summed E-state index contributed by atoms with van der Waals surface area (Å²) in [6, 6.07) is 3.14. The van der Waals surface area contributed by atoms with Crippen molar-refractivity contribution in [3.8, 4) is 5.75 Å². The molecule has 1 fully saturated rings. The zero-order valence-electron chi connectivity index (χ0n) is 16.5. The third-order valence-corrected chi connectivity index (χ3v) is 5.22. The molecule has 3 aromatic rings. The highest BCUT2D eigenvalue weighted by Gasteiger charge is 2.23. The summed E-state index contributed by atoms with van der Waals surface area (Å²) in [5, 5.41) is 9.62. The van der Waals surface area contributed by atoms with E-state index >= 15 is 0 Å². The van der Waals surface area contributed by atoms with E-state index < -0.39 is 5.97 Å². The number of H-pyrrole nitrogens is 1. The first kappa shape index (κ1) is 21.8. The zero-order valence-corrected chi connectivity index (χ0v) is 16.5. The van der Waals surface area contributed by atoms with Gasteiger partial charge in [0, 0.05) is 31.7 Å². The van der Waals surface area contributed by atoms with Gasteiger partial charge in [-0.2, -0.15) is 0 Å². The number of aromatic amines is 1. The van der Waals surface area contributed by atoms with Gasteiger partial charge in [-0.15, -0.1) is 0 Å². The quantitative estimate of drug-likeness (QED) is 0.635. The fraction of sp³-hybridized carbons (Fsp3) is 0.476. The second-order valence-electron chi connectivity index (χ2n) is 7.50. The number of rotatable bonds is 6. The number of likely N-dealkylation sites (N-methyl/N-ethyl adjacent to an activating group) is 1. The molecule has 0 radical (unpaired) electrons. The van der Waals surface area contributed by atoms with E-state index in [-0.39, 0.29) is 30.2 Å². The van der Waals surface area contributed by atoms with Gasteiger partial charge in [0.1, 0.15) is 29.3 Å². The number of benzene rings is 1. The molecule has 2 aromatic heterocycles. The molecule has 0 bridgehead atoms. The third kappa shape index (κ3) is 4.03. The Labute approximate surface area is 174 Å². The maximum absolute atomic E-state index is 12.6.